The van der Waals surface area contributed by atoms with Gasteiger partial charge in [0.25, 0.3) is 5.91 Å². The van der Waals surface area contributed by atoms with Crippen molar-refractivity contribution in [3.05, 3.63) is 47.0 Å². The van der Waals surface area contributed by atoms with Gasteiger partial charge in [0.2, 0.25) is 0 Å². The predicted molar refractivity (Wildman–Crippen MR) is 140 cm³/mol. The molecule has 1 aliphatic heterocycles. The fourth-order valence-electron chi connectivity index (χ4n) is 4.59. The normalized spacial score (nSPS) is 15.7. The summed E-state index contributed by atoms with van der Waals surface area (Å²) in [7, 11) is 0. The molecule has 0 radical (unpaired) electrons. The molecule has 0 aliphatic carbocycles. The lowest BCUT2D eigenvalue weighted by Gasteiger charge is -2.34. The second-order valence-electron chi connectivity index (χ2n) is 11.6. The molecular formula is C28H38N4O3. The van der Waals surface area contributed by atoms with Gasteiger partial charge in [0.1, 0.15) is 11.6 Å². The van der Waals surface area contributed by atoms with Crippen molar-refractivity contribution < 1.29 is 15.0 Å². The third-order valence-electron chi connectivity index (χ3n) is 6.84. The molecule has 7 nitrogen and oxygen atoms in total. The van der Waals surface area contributed by atoms with Crippen LogP contribution in [0.1, 0.15) is 63.0 Å². The molecule has 3 aromatic rings. The number of hydrogen-bond acceptors (Lipinski definition) is 5. The van der Waals surface area contributed by atoms with Crippen LogP contribution in [0.2, 0.25) is 0 Å². The lowest BCUT2D eigenvalue weighted by atomic mass is 9.79. The largest absolute Gasteiger partial charge is 0.507 e. The summed E-state index contributed by atoms with van der Waals surface area (Å²) in [5.41, 5.74) is 4.51. The van der Waals surface area contributed by atoms with E-state index in [9.17, 15) is 9.90 Å². The van der Waals surface area contributed by atoms with Gasteiger partial charge >= 0.3 is 0 Å². The third-order valence-corrected chi connectivity index (χ3v) is 6.84. The van der Waals surface area contributed by atoms with Crippen LogP contribution in [0.3, 0.4) is 0 Å². The Morgan fingerprint density at radius 1 is 1.00 bits per heavy atom. The van der Waals surface area contributed by atoms with Crippen molar-refractivity contribution in [1.82, 2.24) is 19.8 Å². The molecule has 35 heavy (non-hydrogen) atoms. The number of benzene rings is 2. The summed E-state index contributed by atoms with van der Waals surface area (Å²) in [4.78, 5) is 25.3. The topological polar surface area (TPSA) is 92.7 Å². The molecule has 1 saturated heterocycles. The number of phenols is 1. The molecule has 7 heteroatoms. The molecule has 1 fully saturated rings. The second kappa shape index (κ2) is 9.28. The summed E-state index contributed by atoms with van der Waals surface area (Å²) < 4.78 is 0. The zero-order valence-corrected chi connectivity index (χ0v) is 21.8. The van der Waals surface area contributed by atoms with Crippen LogP contribution < -0.4 is 0 Å². The molecule has 188 valence electrons. The number of aliphatic hydroxyl groups excluding tert-OH is 1. The van der Waals surface area contributed by atoms with Crippen LogP contribution in [0.15, 0.2) is 30.3 Å². The van der Waals surface area contributed by atoms with E-state index >= 15 is 0 Å². The third kappa shape index (κ3) is 5.21. The Hall–Kier alpha value is -2.90. The SMILES string of the molecule is CC(C)(C)c1cc(-c2nc3ccc(C(=O)N4CCN(CCO)CC4)cc3[nH]2)c(O)c(C(C)(C)C)c1. The number of rotatable bonds is 4. The van der Waals surface area contributed by atoms with Crippen molar-refractivity contribution in [1.29, 1.82) is 0 Å². The van der Waals surface area contributed by atoms with Gasteiger partial charge in [0.15, 0.2) is 0 Å². The summed E-state index contributed by atoms with van der Waals surface area (Å²) in [6.07, 6.45) is 0. The minimum absolute atomic E-state index is 0.000653. The number of aromatic hydroxyl groups is 1. The fraction of sp³-hybridized carbons (Fsp3) is 0.500. The number of nitrogens with zero attached hydrogens (tertiary/aromatic N) is 3. The minimum Gasteiger partial charge on any atom is -0.507 e. The highest BCUT2D eigenvalue weighted by Gasteiger charge is 2.27. The molecular weight excluding hydrogens is 440 g/mol. The number of H-pyrrole nitrogens is 1. The van der Waals surface area contributed by atoms with Crippen LogP contribution in [0.25, 0.3) is 22.4 Å². The molecule has 0 saturated carbocycles. The number of fused-ring (bicyclic) bond motifs is 1. The molecule has 3 N–H and O–H groups in total. The molecule has 0 bridgehead atoms. The lowest BCUT2D eigenvalue weighted by molar-refractivity contribution is 0.0615. The minimum atomic E-state index is -0.229. The maximum Gasteiger partial charge on any atom is 0.254 e. The van der Waals surface area contributed by atoms with Crippen LogP contribution >= 0.6 is 0 Å². The Labute approximate surface area is 207 Å². The van der Waals surface area contributed by atoms with E-state index in [1.54, 1.807) is 0 Å². The van der Waals surface area contributed by atoms with Gasteiger partial charge in [-0.3, -0.25) is 9.69 Å². The Morgan fingerprint density at radius 3 is 2.29 bits per heavy atom. The number of hydrogen-bond donors (Lipinski definition) is 3. The van der Waals surface area contributed by atoms with E-state index in [0.29, 0.717) is 36.6 Å². The van der Waals surface area contributed by atoms with Crippen molar-refractivity contribution in [2.24, 2.45) is 0 Å². The van der Waals surface area contributed by atoms with Crippen LogP contribution in [-0.2, 0) is 10.8 Å². The summed E-state index contributed by atoms with van der Waals surface area (Å²) in [6, 6.07) is 9.64. The Kier molecular flexibility index (Phi) is 6.68. The molecule has 0 atom stereocenters. The smallest absolute Gasteiger partial charge is 0.254 e. The highest BCUT2D eigenvalue weighted by molar-refractivity contribution is 5.98. The van der Waals surface area contributed by atoms with Gasteiger partial charge in [0, 0.05) is 43.9 Å². The van der Waals surface area contributed by atoms with Crippen molar-refractivity contribution in [2.75, 3.05) is 39.3 Å². The zero-order chi connectivity index (χ0) is 25.5. The first kappa shape index (κ1) is 25.2. The maximum absolute atomic E-state index is 13.1. The van der Waals surface area contributed by atoms with Crippen LogP contribution in [0.4, 0.5) is 0 Å². The van der Waals surface area contributed by atoms with E-state index in [1.165, 1.54) is 0 Å². The second-order valence-corrected chi connectivity index (χ2v) is 11.6. The molecule has 1 aliphatic rings. The average molecular weight is 479 g/mol. The number of carbonyl (C=O) groups is 1. The van der Waals surface area contributed by atoms with Gasteiger partial charge in [-0.15, -0.1) is 0 Å². The Bertz CT molecular complexity index is 1230. The van der Waals surface area contributed by atoms with E-state index in [4.69, 9.17) is 10.1 Å². The van der Waals surface area contributed by atoms with Gasteiger partial charge in [-0.1, -0.05) is 47.6 Å². The Balaban J connectivity index is 1.68. The zero-order valence-electron chi connectivity index (χ0n) is 21.8. The van der Waals surface area contributed by atoms with E-state index in [2.05, 4.69) is 57.5 Å². The number of carbonyl (C=O) groups excluding carboxylic acids is 1. The van der Waals surface area contributed by atoms with E-state index in [1.807, 2.05) is 29.2 Å². The first-order valence-corrected chi connectivity index (χ1v) is 12.4. The van der Waals surface area contributed by atoms with Gasteiger partial charge in [-0.25, -0.2) is 4.98 Å². The number of imidazole rings is 1. The molecule has 2 aromatic carbocycles. The van der Waals surface area contributed by atoms with Crippen LogP contribution in [-0.4, -0.2) is 75.2 Å². The highest BCUT2D eigenvalue weighted by Crippen LogP contribution is 2.41. The number of aromatic nitrogens is 2. The van der Waals surface area contributed by atoms with Gasteiger partial charge in [-0.05, 0) is 40.7 Å². The maximum atomic E-state index is 13.1. The van der Waals surface area contributed by atoms with Crippen LogP contribution in [0.5, 0.6) is 5.75 Å². The number of aromatic amines is 1. The first-order chi connectivity index (χ1) is 16.4. The summed E-state index contributed by atoms with van der Waals surface area (Å²) >= 11 is 0. The fourth-order valence-corrected chi connectivity index (χ4v) is 4.59. The van der Waals surface area contributed by atoms with Crippen LogP contribution in [0, 0.1) is 0 Å². The van der Waals surface area contributed by atoms with Gasteiger partial charge in [-0.2, -0.15) is 0 Å². The van der Waals surface area contributed by atoms with Crippen molar-refractivity contribution in [2.45, 2.75) is 52.4 Å². The standard InChI is InChI=1S/C28H38N4O3/c1-27(2,3)19-16-20(24(34)21(17-19)28(4,5)6)25-29-22-8-7-18(15-23(22)30-25)26(35)32-11-9-31(10-12-32)13-14-33/h7-8,15-17,33-34H,9-14H2,1-6H3,(H,29,30). The molecule has 1 amide bonds. The summed E-state index contributed by atoms with van der Waals surface area (Å²) in [6.45, 7) is 16.4. The predicted octanol–water partition coefficient (Wildman–Crippen LogP) is 4.28. The molecule has 2 heterocycles. The van der Waals surface area contributed by atoms with Crippen molar-refractivity contribution in [3.8, 4) is 17.1 Å². The monoisotopic (exact) mass is 478 g/mol. The van der Waals surface area contributed by atoms with E-state index in [0.717, 1.165) is 35.2 Å². The lowest BCUT2D eigenvalue weighted by Crippen LogP contribution is -2.49. The molecule has 0 spiro atoms. The number of β-amino-alcohol motifs (C(OH)–C–C–N with tert-alkyl or cyclic N) is 1. The highest BCUT2D eigenvalue weighted by atomic mass is 16.3. The van der Waals surface area contributed by atoms with E-state index < -0.39 is 0 Å². The average Bonchev–Trinajstić information content (AvgIpc) is 3.21. The first-order valence-electron chi connectivity index (χ1n) is 12.4. The number of nitrogens with one attached hydrogen (secondary N) is 1. The number of phenolic OH excluding ortho intramolecular Hbond substituents is 1. The van der Waals surface area contributed by atoms with E-state index in [-0.39, 0.29) is 29.1 Å². The van der Waals surface area contributed by atoms with Crippen molar-refractivity contribution >= 4 is 16.9 Å². The van der Waals surface area contributed by atoms with Gasteiger partial charge < -0.3 is 20.1 Å². The molecule has 1 aromatic heterocycles. The van der Waals surface area contributed by atoms with Gasteiger partial charge in [0.05, 0.1) is 23.2 Å². The number of aliphatic hydroxyl groups is 1. The summed E-state index contributed by atoms with van der Waals surface area (Å²) in [5, 5.41) is 20.4. The Morgan fingerprint density at radius 2 is 1.69 bits per heavy atom. The number of amides is 1. The number of piperazine rings is 1. The van der Waals surface area contributed by atoms with Crippen molar-refractivity contribution in [3.63, 3.8) is 0 Å². The molecule has 0 unspecified atom stereocenters. The summed E-state index contributed by atoms with van der Waals surface area (Å²) in [5.74, 6) is 0.831. The molecule has 4 rings (SSSR count). The quantitative estimate of drug-likeness (QED) is 0.521.